The van der Waals surface area contributed by atoms with Crippen molar-refractivity contribution in [3.05, 3.63) is 82.9 Å². The van der Waals surface area contributed by atoms with E-state index >= 15 is 0 Å². The SMILES string of the molecule is COc1cc(OC)c(OC)cc1C=CC1NCCc2cc(OCc3ccccc3)c(OC)cc21. The van der Waals surface area contributed by atoms with Gasteiger partial charge in [0.2, 0.25) is 0 Å². The second-order valence-electron chi connectivity index (χ2n) is 7.97. The predicted molar refractivity (Wildman–Crippen MR) is 133 cm³/mol. The molecule has 0 bridgehead atoms. The van der Waals surface area contributed by atoms with Gasteiger partial charge in [0.25, 0.3) is 0 Å². The molecule has 0 spiro atoms. The molecule has 1 unspecified atom stereocenters. The van der Waals surface area contributed by atoms with E-state index in [4.69, 9.17) is 23.7 Å². The standard InChI is InChI=1S/C28H31NO5/c1-30-24-17-27(33-4)25(31-2)15-21(24)10-11-23-22-16-26(32-3)28(14-20(22)12-13-29-23)34-18-19-8-6-5-7-9-19/h5-11,14-17,23,29H,12-13,18H2,1-4H3. The van der Waals surface area contributed by atoms with Gasteiger partial charge in [0.15, 0.2) is 23.0 Å². The fourth-order valence-electron chi connectivity index (χ4n) is 4.16. The number of hydrogen-bond acceptors (Lipinski definition) is 6. The van der Waals surface area contributed by atoms with Gasteiger partial charge in [-0.05, 0) is 41.3 Å². The lowest BCUT2D eigenvalue weighted by Crippen LogP contribution is -2.28. The summed E-state index contributed by atoms with van der Waals surface area (Å²) in [5.74, 6) is 3.48. The highest BCUT2D eigenvalue weighted by Crippen LogP contribution is 2.38. The molecule has 3 aromatic carbocycles. The molecule has 0 fully saturated rings. The first-order valence-corrected chi connectivity index (χ1v) is 11.3. The number of ether oxygens (including phenoxy) is 5. The van der Waals surface area contributed by atoms with Crippen LogP contribution in [-0.4, -0.2) is 35.0 Å². The van der Waals surface area contributed by atoms with Crippen molar-refractivity contribution in [2.45, 2.75) is 19.1 Å². The fourth-order valence-corrected chi connectivity index (χ4v) is 4.16. The molecule has 0 aromatic heterocycles. The van der Waals surface area contributed by atoms with E-state index < -0.39 is 0 Å². The van der Waals surface area contributed by atoms with Gasteiger partial charge in [-0.2, -0.15) is 0 Å². The van der Waals surface area contributed by atoms with E-state index in [0.717, 1.165) is 35.6 Å². The van der Waals surface area contributed by atoms with Gasteiger partial charge < -0.3 is 29.0 Å². The third-order valence-electron chi connectivity index (χ3n) is 5.96. The Hall–Kier alpha value is -3.64. The van der Waals surface area contributed by atoms with Gasteiger partial charge >= 0.3 is 0 Å². The van der Waals surface area contributed by atoms with Crippen LogP contribution in [-0.2, 0) is 13.0 Å². The van der Waals surface area contributed by atoms with Crippen molar-refractivity contribution >= 4 is 6.08 Å². The smallest absolute Gasteiger partial charge is 0.164 e. The Morgan fingerprint density at radius 1 is 0.794 bits per heavy atom. The number of benzene rings is 3. The van der Waals surface area contributed by atoms with Crippen molar-refractivity contribution in [2.24, 2.45) is 0 Å². The molecule has 1 aliphatic rings. The van der Waals surface area contributed by atoms with Gasteiger partial charge in [0, 0.05) is 18.2 Å². The molecule has 4 rings (SSSR count). The summed E-state index contributed by atoms with van der Waals surface area (Å²) < 4.78 is 28.2. The number of rotatable bonds is 9. The highest BCUT2D eigenvalue weighted by molar-refractivity contribution is 5.64. The molecule has 3 aromatic rings. The first kappa shape index (κ1) is 23.5. The molecule has 1 atom stereocenters. The maximum atomic E-state index is 6.12. The van der Waals surface area contributed by atoms with Gasteiger partial charge in [0.05, 0.1) is 34.5 Å². The predicted octanol–water partition coefficient (Wildman–Crippen LogP) is 5.20. The number of hydrogen-bond donors (Lipinski definition) is 1. The van der Waals surface area contributed by atoms with Crippen LogP contribution >= 0.6 is 0 Å². The van der Waals surface area contributed by atoms with E-state index in [2.05, 4.69) is 35.7 Å². The molecule has 178 valence electrons. The van der Waals surface area contributed by atoms with E-state index in [1.54, 1.807) is 28.4 Å². The largest absolute Gasteiger partial charge is 0.496 e. The molecule has 6 nitrogen and oxygen atoms in total. The average Bonchev–Trinajstić information content (AvgIpc) is 2.90. The van der Waals surface area contributed by atoms with Crippen LogP contribution in [0.4, 0.5) is 0 Å². The van der Waals surface area contributed by atoms with Crippen LogP contribution in [0, 0.1) is 0 Å². The van der Waals surface area contributed by atoms with Crippen LogP contribution in [0.25, 0.3) is 6.08 Å². The molecule has 0 aliphatic carbocycles. The molecular weight excluding hydrogens is 430 g/mol. The van der Waals surface area contributed by atoms with Crippen molar-refractivity contribution in [3.63, 3.8) is 0 Å². The zero-order chi connectivity index (χ0) is 23.9. The summed E-state index contributed by atoms with van der Waals surface area (Å²) in [7, 11) is 6.56. The van der Waals surface area contributed by atoms with E-state index in [1.807, 2.05) is 36.4 Å². The first-order valence-electron chi connectivity index (χ1n) is 11.3. The molecule has 1 aliphatic heterocycles. The summed E-state index contributed by atoms with van der Waals surface area (Å²) in [5.41, 5.74) is 4.44. The number of fused-ring (bicyclic) bond motifs is 1. The molecule has 0 saturated carbocycles. The molecule has 0 saturated heterocycles. The molecular formula is C28H31NO5. The molecule has 34 heavy (non-hydrogen) atoms. The monoisotopic (exact) mass is 461 g/mol. The summed E-state index contributed by atoms with van der Waals surface area (Å²) in [6, 6.07) is 18.1. The van der Waals surface area contributed by atoms with Crippen molar-refractivity contribution in [2.75, 3.05) is 35.0 Å². The summed E-state index contributed by atoms with van der Waals surface area (Å²) in [5, 5.41) is 3.58. The Kier molecular flexibility index (Phi) is 7.60. The van der Waals surface area contributed by atoms with Crippen LogP contribution in [0.1, 0.15) is 28.3 Å². The van der Waals surface area contributed by atoms with Gasteiger partial charge in [0.1, 0.15) is 12.4 Å². The van der Waals surface area contributed by atoms with Crippen LogP contribution < -0.4 is 29.0 Å². The second kappa shape index (κ2) is 11.0. The molecule has 0 radical (unpaired) electrons. The fraction of sp³-hybridized carbons (Fsp3) is 0.286. The van der Waals surface area contributed by atoms with Gasteiger partial charge in [-0.3, -0.25) is 0 Å². The topological polar surface area (TPSA) is 58.2 Å². The van der Waals surface area contributed by atoms with Crippen molar-refractivity contribution in [1.29, 1.82) is 0 Å². The van der Waals surface area contributed by atoms with Crippen molar-refractivity contribution in [1.82, 2.24) is 5.32 Å². The van der Waals surface area contributed by atoms with Gasteiger partial charge in [-0.1, -0.05) is 42.5 Å². The second-order valence-corrected chi connectivity index (χ2v) is 7.97. The Balaban J connectivity index is 1.60. The minimum Gasteiger partial charge on any atom is -0.496 e. The molecule has 1 N–H and O–H groups in total. The van der Waals surface area contributed by atoms with E-state index in [0.29, 0.717) is 23.9 Å². The number of methoxy groups -OCH3 is 4. The van der Waals surface area contributed by atoms with Crippen LogP contribution in [0.5, 0.6) is 28.7 Å². The van der Waals surface area contributed by atoms with Crippen LogP contribution in [0.2, 0.25) is 0 Å². The van der Waals surface area contributed by atoms with Crippen molar-refractivity contribution in [3.8, 4) is 28.7 Å². The maximum Gasteiger partial charge on any atom is 0.164 e. The molecule has 0 amide bonds. The lowest BCUT2D eigenvalue weighted by Gasteiger charge is -2.26. The minimum absolute atomic E-state index is 0.0265. The highest BCUT2D eigenvalue weighted by atomic mass is 16.5. The van der Waals surface area contributed by atoms with Crippen LogP contribution in [0.3, 0.4) is 0 Å². The van der Waals surface area contributed by atoms with Crippen LogP contribution in [0.15, 0.2) is 60.7 Å². The lowest BCUT2D eigenvalue weighted by molar-refractivity contribution is 0.283. The van der Waals surface area contributed by atoms with E-state index in [9.17, 15) is 0 Å². The van der Waals surface area contributed by atoms with Gasteiger partial charge in [-0.15, -0.1) is 0 Å². The summed E-state index contributed by atoms with van der Waals surface area (Å²) in [6.07, 6.45) is 5.09. The Bertz CT molecular complexity index is 1140. The van der Waals surface area contributed by atoms with E-state index in [-0.39, 0.29) is 6.04 Å². The molecule has 6 heteroatoms. The van der Waals surface area contributed by atoms with Gasteiger partial charge in [-0.25, -0.2) is 0 Å². The average molecular weight is 462 g/mol. The Morgan fingerprint density at radius 2 is 1.47 bits per heavy atom. The summed E-state index contributed by atoms with van der Waals surface area (Å²) in [4.78, 5) is 0. The summed E-state index contributed by atoms with van der Waals surface area (Å²) >= 11 is 0. The van der Waals surface area contributed by atoms with E-state index in [1.165, 1.54) is 11.1 Å². The number of nitrogens with one attached hydrogen (secondary N) is 1. The maximum absolute atomic E-state index is 6.12. The summed E-state index contributed by atoms with van der Waals surface area (Å²) in [6.45, 7) is 1.37. The zero-order valence-electron chi connectivity index (χ0n) is 20.1. The van der Waals surface area contributed by atoms with Crippen molar-refractivity contribution < 1.29 is 23.7 Å². The zero-order valence-corrected chi connectivity index (χ0v) is 20.1. The third kappa shape index (κ3) is 5.13. The lowest BCUT2D eigenvalue weighted by atomic mass is 9.93. The minimum atomic E-state index is 0.0265. The quantitative estimate of drug-likeness (QED) is 0.473. The first-order chi connectivity index (χ1) is 16.7. The molecule has 1 heterocycles. The normalized spacial score (nSPS) is 15.0. The Labute approximate surface area is 201 Å². The highest BCUT2D eigenvalue weighted by Gasteiger charge is 2.21. The Morgan fingerprint density at radius 3 is 2.18 bits per heavy atom. The third-order valence-corrected chi connectivity index (χ3v) is 5.96.